The Labute approximate surface area is 167 Å². The zero-order valence-corrected chi connectivity index (χ0v) is 17.0. The highest BCUT2D eigenvalue weighted by atomic mass is 32.1. The number of nitrogens with zero attached hydrogens (tertiary/aromatic N) is 4. The van der Waals surface area contributed by atoms with Crippen LogP contribution in [0.25, 0.3) is 11.0 Å². The van der Waals surface area contributed by atoms with E-state index in [-0.39, 0.29) is 17.9 Å². The molecule has 0 bridgehead atoms. The lowest BCUT2D eigenvalue weighted by Crippen LogP contribution is -2.31. The topological polar surface area (TPSA) is 66.4 Å². The van der Waals surface area contributed by atoms with E-state index in [1.54, 1.807) is 25.2 Å². The second-order valence-corrected chi connectivity index (χ2v) is 8.34. The third-order valence-corrected chi connectivity index (χ3v) is 6.27. The Morgan fingerprint density at radius 1 is 1.25 bits per heavy atom. The van der Waals surface area contributed by atoms with Crippen LogP contribution in [0, 0.1) is 6.92 Å². The quantitative estimate of drug-likeness (QED) is 0.680. The highest BCUT2D eigenvalue weighted by Crippen LogP contribution is 2.37. The van der Waals surface area contributed by atoms with E-state index in [0.29, 0.717) is 28.3 Å². The summed E-state index contributed by atoms with van der Waals surface area (Å²) in [5.74, 6) is -0.0127. The van der Waals surface area contributed by atoms with Crippen molar-refractivity contribution in [1.82, 2.24) is 19.8 Å². The first-order chi connectivity index (χ1) is 13.5. The Kier molecular flexibility index (Phi) is 4.85. The summed E-state index contributed by atoms with van der Waals surface area (Å²) >= 11 is 1.48. The monoisotopic (exact) mass is 394 g/mol. The summed E-state index contributed by atoms with van der Waals surface area (Å²) < 4.78 is 0. The van der Waals surface area contributed by atoms with Crippen molar-refractivity contribution in [2.75, 3.05) is 20.6 Å². The number of aromatic nitrogens is 2. The molecule has 144 valence electrons. The maximum atomic E-state index is 13.3. The van der Waals surface area contributed by atoms with Gasteiger partial charge in [0.25, 0.3) is 11.8 Å². The zero-order valence-electron chi connectivity index (χ0n) is 16.2. The molecule has 4 rings (SSSR count). The number of likely N-dealkylation sites (tertiary alicyclic amines) is 1. The molecular formula is C21H22N4O2S. The van der Waals surface area contributed by atoms with Crippen LogP contribution < -0.4 is 0 Å². The second-order valence-electron chi connectivity index (χ2n) is 7.23. The summed E-state index contributed by atoms with van der Waals surface area (Å²) in [7, 11) is 3.50. The van der Waals surface area contributed by atoms with Gasteiger partial charge in [0, 0.05) is 37.1 Å². The molecule has 6 nitrogen and oxygen atoms in total. The first-order valence-corrected chi connectivity index (χ1v) is 10.1. The number of aryl methyl sites for hydroxylation is 1. The highest BCUT2D eigenvalue weighted by Gasteiger charge is 2.33. The van der Waals surface area contributed by atoms with Crippen molar-refractivity contribution in [3.63, 3.8) is 0 Å². The van der Waals surface area contributed by atoms with Gasteiger partial charge in [0.05, 0.1) is 22.2 Å². The average Bonchev–Trinajstić information content (AvgIpc) is 3.35. The van der Waals surface area contributed by atoms with Gasteiger partial charge in [0.2, 0.25) is 0 Å². The van der Waals surface area contributed by atoms with E-state index in [1.807, 2.05) is 42.2 Å². The Morgan fingerprint density at radius 2 is 2.07 bits per heavy atom. The Balaban J connectivity index is 1.64. The van der Waals surface area contributed by atoms with Crippen LogP contribution in [0.1, 0.15) is 49.5 Å². The van der Waals surface area contributed by atoms with Gasteiger partial charge in [-0.2, -0.15) is 0 Å². The predicted octanol–water partition coefficient (Wildman–Crippen LogP) is 3.68. The lowest BCUT2D eigenvalue weighted by Gasteiger charge is -2.24. The van der Waals surface area contributed by atoms with E-state index in [0.717, 1.165) is 23.1 Å². The molecule has 0 aromatic carbocycles. The van der Waals surface area contributed by atoms with Crippen LogP contribution in [0.15, 0.2) is 36.5 Å². The lowest BCUT2D eigenvalue weighted by atomic mass is 10.1. The van der Waals surface area contributed by atoms with E-state index in [4.69, 9.17) is 0 Å². The minimum atomic E-state index is -0.00728. The number of amides is 2. The second kappa shape index (κ2) is 7.31. The van der Waals surface area contributed by atoms with Crippen LogP contribution in [0.4, 0.5) is 0 Å². The Bertz CT molecular complexity index is 1060. The molecule has 1 saturated heterocycles. The van der Waals surface area contributed by atoms with E-state index >= 15 is 0 Å². The van der Waals surface area contributed by atoms with Crippen LogP contribution in [-0.4, -0.2) is 52.2 Å². The van der Waals surface area contributed by atoms with Gasteiger partial charge in [-0.15, -0.1) is 11.3 Å². The highest BCUT2D eigenvalue weighted by molar-refractivity contribution is 7.14. The van der Waals surface area contributed by atoms with Gasteiger partial charge in [0.1, 0.15) is 0 Å². The van der Waals surface area contributed by atoms with Gasteiger partial charge in [-0.05, 0) is 50.1 Å². The van der Waals surface area contributed by atoms with Crippen molar-refractivity contribution < 1.29 is 9.59 Å². The van der Waals surface area contributed by atoms with Gasteiger partial charge < -0.3 is 9.80 Å². The van der Waals surface area contributed by atoms with Crippen molar-refractivity contribution in [1.29, 1.82) is 0 Å². The van der Waals surface area contributed by atoms with Crippen LogP contribution >= 0.6 is 11.3 Å². The number of carbonyl (C=O) groups is 2. The van der Waals surface area contributed by atoms with Gasteiger partial charge in [-0.25, -0.2) is 9.97 Å². The minimum absolute atomic E-state index is 0.00482. The SMILES string of the molecule is Cc1nc2ncccc2cc1C(=O)N1CCC[C@@H]1c1ccc(C(=O)N(C)C)s1. The molecule has 4 heterocycles. The molecule has 0 unspecified atom stereocenters. The molecule has 0 N–H and O–H groups in total. The van der Waals surface area contributed by atoms with Crippen LogP contribution in [0.5, 0.6) is 0 Å². The zero-order chi connectivity index (χ0) is 19.8. The number of hydrogen-bond acceptors (Lipinski definition) is 5. The molecule has 0 saturated carbocycles. The fraction of sp³-hybridized carbons (Fsp3) is 0.333. The summed E-state index contributed by atoms with van der Waals surface area (Å²) in [5.41, 5.74) is 1.96. The molecule has 3 aromatic heterocycles. The molecule has 1 aliphatic rings. The van der Waals surface area contributed by atoms with Crippen molar-refractivity contribution >= 4 is 34.2 Å². The maximum absolute atomic E-state index is 13.3. The normalized spacial score (nSPS) is 16.5. The number of hydrogen-bond donors (Lipinski definition) is 0. The van der Waals surface area contributed by atoms with Crippen LogP contribution in [-0.2, 0) is 0 Å². The van der Waals surface area contributed by atoms with Crippen LogP contribution in [0.3, 0.4) is 0 Å². The smallest absolute Gasteiger partial charge is 0.263 e. The number of fused-ring (bicyclic) bond motifs is 1. The number of carbonyl (C=O) groups excluding carboxylic acids is 2. The molecule has 1 atom stereocenters. The summed E-state index contributed by atoms with van der Waals surface area (Å²) in [5, 5.41) is 0.863. The molecule has 1 aliphatic heterocycles. The third-order valence-electron chi connectivity index (χ3n) is 5.10. The largest absolute Gasteiger partial charge is 0.344 e. The van der Waals surface area contributed by atoms with Crippen LogP contribution in [0.2, 0.25) is 0 Å². The fourth-order valence-corrected chi connectivity index (χ4v) is 4.82. The molecule has 1 fully saturated rings. The summed E-state index contributed by atoms with van der Waals surface area (Å²) in [6, 6.07) is 9.50. The first-order valence-electron chi connectivity index (χ1n) is 9.30. The van der Waals surface area contributed by atoms with E-state index in [1.165, 1.54) is 11.3 Å². The Morgan fingerprint density at radius 3 is 2.86 bits per heavy atom. The summed E-state index contributed by atoms with van der Waals surface area (Å²) in [6.07, 6.45) is 3.56. The third kappa shape index (κ3) is 3.26. The Hall–Kier alpha value is -2.80. The first kappa shape index (κ1) is 18.6. The molecule has 2 amide bonds. The predicted molar refractivity (Wildman–Crippen MR) is 110 cm³/mol. The number of thiophene rings is 1. The molecule has 0 spiro atoms. The van der Waals surface area contributed by atoms with Gasteiger partial charge >= 0.3 is 0 Å². The standard InChI is InChI=1S/C21H22N4O2S/c1-13-15(12-14-6-4-10-22-19(14)23-13)20(26)25-11-5-7-16(25)17-8-9-18(28-17)21(27)24(2)3/h4,6,8-10,12,16H,5,7,11H2,1-3H3/t16-/m1/s1. The van der Waals surface area contributed by atoms with E-state index < -0.39 is 0 Å². The molecule has 0 radical (unpaired) electrons. The van der Waals surface area contributed by atoms with Gasteiger partial charge in [-0.3, -0.25) is 9.59 Å². The summed E-state index contributed by atoms with van der Waals surface area (Å²) in [4.78, 5) is 39.6. The summed E-state index contributed by atoms with van der Waals surface area (Å²) in [6.45, 7) is 2.56. The van der Waals surface area contributed by atoms with Crippen molar-refractivity contribution in [2.45, 2.75) is 25.8 Å². The van der Waals surface area contributed by atoms with Gasteiger partial charge in [0.15, 0.2) is 5.65 Å². The van der Waals surface area contributed by atoms with Crippen molar-refractivity contribution in [3.8, 4) is 0 Å². The maximum Gasteiger partial charge on any atom is 0.263 e. The molecule has 3 aromatic rings. The molecular weight excluding hydrogens is 372 g/mol. The number of rotatable bonds is 3. The molecule has 7 heteroatoms. The van der Waals surface area contributed by atoms with E-state index in [2.05, 4.69) is 9.97 Å². The van der Waals surface area contributed by atoms with Gasteiger partial charge in [-0.1, -0.05) is 0 Å². The molecule has 0 aliphatic carbocycles. The van der Waals surface area contributed by atoms with E-state index in [9.17, 15) is 9.59 Å². The van der Waals surface area contributed by atoms with Crippen molar-refractivity contribution in [3.05, 3.63) is 57.5 Å². The lowest BCUT2D eigenvalue weighted by molar-refractivity contribution is 0.0736. The fourth-order valence-electron chi connectivity index (χ4n) is 3.64. The minimum Gasteiger partial charge on any atom is -0.344 e. The molecule has 28 heavy (non-hydrogen) atoms. The van der Waals surface area contributed by atoms with Crippen molar-refractivity contribution in [2.24, 2.45) is 0 Å². The average molecular weight is 395 g/mol. The number of pyridine rings is 2.